The van der Waals surface area contributed by atoms with E-state index in [-0.39, 0.29) is 6.03 Å². The number of carbonyl (C=O) groups is 1. The van der Waals surface area contributed by atoms with Gasteiger partial charge in [0.25, 0.3) is 0 Å². The number of carbonyl (C=O) groups excluding carboxylic acids is 1. The zero-order valence-corrected chi connectivity index (χ0v) is 11.0. The number of rotatable bonds is 4. The molecule has 2 rings (SSSR count). The Labute approximate surface area is 110 Å². The summed E-state index contributed by atoms with van der Waals surface area (Å²) in [4.78, 5) is 18.1. The number of hydrogen-bond donors (Lipinski definition) is 2. The van der Waals surface area contributed by atoms with Crippen molar-refractivity contribution in [3.8, 4) is 0 Å². The minimum atomic E-state index is -0.174. The van der Waals surface area contributed by atoms with Gasteiger partial charge in [-0.15, -0.1) is 11.3 Å². The van der Waals surface area contributed by atoms with Gasteiger partial charge in [-0.05, 0) is 31.2 Å². The first-order chi connectivity index (χ1) is 8.74. The predicted octanol–water partition coefficient (Wildman–Crippen LogP) is 2.45. The van der Waals surface area contributed by atoms with Gasteiger partial charge in [0.1, 0.15) is 0 Å². The van der Waals surface area contributed by atoms with Crippen LogP contribution in [-0.4, -0.2) is 11.0 Å². The Balaban J connectivity index is 1.73. The Morgan fingerprint density at radius 3 is 2.72 bits per heavy atom. The second kappa shape index (κ2) is 6.16. The van der Waals surface area contributed by atoms with Crippen molar-refractivity contribution in [3.05, 3.63) is 52.0 Å². The number of amides is 2. The van der Waals surface area contributed by atoms with E-state index in [1.54, 1.807) is 17.5 Å². The lowest BCUT2D eigenvalue weighted by Crippen LogP contribution is -2.34. The van der Waals surface area contributed by atoms with E-state index in [4.69, 9.17) is 0 Å². The summed E-state index contributed by atoms with van der Waals surface area (Å²) in [7, 11) is 0. The summed E-state index contributed by atoms with van der Waals surface area (Å²) in [5.41, 5.74) is 0.847. The third-order valence-corrected chi connectivity index (χ3v) is 3.38. The molecule has 0 saturated carbocycles. The van der Waals surface area contributed by atoms with Crippen LogP contribution in [0.3, 0.4) is 0 Å². The van der Waals surface area contributed by atoms with Crippen LogP contribution in [0.4, 0.5) is 4.79 Å². The van der Waals surface area contributed by atoms with E-state index in [0.717, 1.165) is 10.6 Å². The molecule has 0 aliphatic heterocycles. The summed E-state index contributed by atoms with van der Waals surface area (Å²) < 4.78 is 0. The van der Waals surface area contributed by atoms with Gasteiger partial charge >= 0.3 is 6.03 Å². The molecule has 0 unspecified atom stereocenters. The highest BCUT2D eigenvalue weighted by Crippen LogP contribution is 2.14. The van der Waals surface area contributed by atoms with Gasteiger partial charge in [0.2, 0.25) is 0 Å². The average Bonchev–Trinajstić information content (AvgIpc) is 2.81. The summed E-state index contributed by atoms with van der Waals surface area (Å²) in [6.45, 7) is 3.05. The van der Waals surface area contributed by atoms with Gasteiger partial charge in [-0.1, -0.05) is 6.07 Å². The first kappa shape index (κ1) is 12.6. The van der Waals surface area contributed by atoms with E-state index in [1.807, 2.05) is 30.3 Å². The standard InChI is InChI=1S/C13H15N3OS/c1-10-5-6-12(18-10)9-16-13(17)15-8-11-4-2-3-7-14-11/h2-7H,8-9H2,1H3,(H2,15,16,17). The maximum absolute atomic E-state index is 11.6. The second-order valence-electron chi connectivity index (χ2n) is 3.87. The van der Waals surface area contributed by atoms with Crippen LogP contribution in [-0.2, 0) is 13.1 Å². The third kappa shape index (κ3) is 3.85. The quantitative estimate of drug-likeness (QED) is 0.888. The molecule has 0 bridgehead atoms. The molecule has 2 heterocycles. The van der Waals surface area contributed by atoms with E-state index < -0.39 is 0 Å². The Hall–Kier alpha value is -1.88. The number of urea groups is 1. The van der Waals surface area contributed by atoms with Crippen molar-refractivity contribution in [1.82, 2.24) is 15.6 Å². The third-order valence-electron chi connectivity index (χ3n) is 2.38. The van der Waals surface area contributed by atoms with Gasteiger partial charge < -0.3 is 10.6 Å². The van der Waals surface area contributed by atoms with E-state index in [9.17, 15) is 4.79 Å². The average molecular weight is 261 g/mol. The smallest absolute Gasteiger partial charge is 0.315 e. The molecular weight excluding hydrogens is 246 g/mol. The van der Waals surface area contributed by atoms with Crippen LogP contribution >= 0.6 is 11.3 Å². The van der Waals surface area contributed by atoms with Crippen LogP contribution in [0.15, 0.2) is 36.5 Å². The van der Waals surface area contributed by atoms with Crippen molar-refractivity contribution in [1.29, 1.82) is 0 Å². The Morgan fingerprint density at radius 2 is 2.06 bits per heavy atom. The van der Waals surface area contributed by atoms with Crippen LogP contribution in [0.1, 0.15) is 15.4 Å². The van der Waals surface area contributed by atoms with Crippen LogP contribution in [0, 0.1) is 6.92 Å². The topological polar surface area (TPSA) is 54.0 Å². The maximum Gasteiger partial charge on any atom is 0.315 e. The van der Waals surface area contributed by atoms with Crippen molar-refractivity contribution >= 4 is 17.4 Å². The van der Waals surface area contributed by atoms with Gasteiger partial charge in [0, 0.05) is 16.0 Å². The summed E-state index contributed by atoms with van der Waals surface area (Å²) in [5, 5.41) is 5.58. The molecule has 2 N–H and O–H groups in total. The van der Waals surface area contributed by atoms with Gasteiger partial charge in [-0.25, -0.2) is 4.79 Å². The summed E-state index contributed by atoms with van der Waals surface area (Å²) in [5.74, 6) is 0. The minimum absolute atomic E-state index is 0.174. The Bertz CT molecular complexity index is 510. The summed E-state index contributed by atoms with van der Waals surface area (Å²) >= 11 is 1.69. The fourth-order valence-corrected chi connectivity index (χ4v) is 2.31. The highest BCUT2D eigenvalue weighted by atomic mass is 32.1. The second-order valence-corrected chi connectivity index (χ2v) is 5.24. The lowest BCUT2D eigenvalue weighted by Gasteiger charge is -2.06. The fourth-order valence-electron chi connectivity index (χ4n) is 1.48. The predicted molar refractivity (Wildman–Crippen MR) is 72.4 cm³/mol. The molecule has 0 spiro atoms. The molecule has 18 heavy (non-hydrogen) atoms. The van der Waals surface area contributed by atoms with Gasteiger partial charge in [-0.2, -0.15) is 0 Å². The molecule has 2 aromatic heterocycles. The van der Waals surface area contributed by atoms with Gasteiger partial charge in [-0.3, -0.25) is 4.98 Å². The number of hydrogen-bond acceptors (Lipinski definition) is 3. The molecule has 4 nitrogen and oxygen atoms in total. The first-order valence-electron chi connectivity index (χ1n) is 5.71. The molecule has 0 saturated heterocycles. The Morgan fingerprint density at radius 1 is 1.22 bits per heavy atom. The largest absolute Gasteiger partial charge is 0.333 e. The zero-order chi connectivity index (χ0) is 12.8. The molecule has 0 aromatic carbocycles. The summed E-state index contributed by atoms with van der Waals surface area (Å²) in [6.07, 6.45) is 1.71. The lowest BCUT2D eigenvalue weighted by atomic mass is 10.3. The van der Waals surface area contributed by atoms with Crippen LogP contribution in [0.25, 0.3) is 0 Å². The van der Waals surface area contributed by atoms with Crippen LogP contribution in [0.5, 0.6) is 0 Å². The molecule has 0 aliphatic rings. The highest BCUT2D eigenvalue weighted by Gasteiger charge is 2.02. The van der Waals surface area contributed by atoms with Crippen molar-refractivity contribution in [2.75, 3.05) is 0 Å². The van der Waals surface area contributed by atoms with Gasteiger partial charge in [0.05, 0.1) is 18.8 Å². The number of pyridine rings is 1. The number of nitrogens with one attached hydrogen (secondary N) is 2. The van der Waals surface area contributed by atoms with Crippen molar-refractivity contribution in [2.24, 2.45) is 0 Å². The van der Waals surface area contributed by atoms with Crippen molar-refractivity contribution in [2.45, 2.75) is 20.0 Å². The highest BCUT2D eigenvalue weighted by molar-refractivity contribution is 7.11. The van der Waals surface area contributed by atoms with Crippen LogP contribution < -0.4 is 10.6 Å². The van der Waals surface area contributed by atoms with E-state index in [2.05, 4.69) is 22.5 Å². The molecule has 94 valence electrons. The normalized spacial score (nSPS) is 10.1. The minimum Gasteiger partial charge on any atom is -0.333 e. The van der Waals surface area contributed by atoms with E-state index in [1.165, 1.54) is 4.88 Å². The van der Waals surface area contributed by atoms with Gasteiger partial charge in [0.15, 0.2) is 0 Å². The molecule has 0 aliphatic carbocycles. The lowest BCUT2D eigenvalue weighted by molar-refractivity contribution is 0.240. The monoisotopic (exact) mass is 261 g/mol. The van der Waals surface area contributed by atoms with E-state index in [0.29, 0.717) is 13.1 Å². The van der Waals surface area contributed by atoms with Crippen molar-refractivity contribution in [3.63, 3.8) is 0 Å². The maximum atomic E-state index is 11.6. The number of aryl methyl sites for hydroxylation is 1. The molecule has 0 fully saturated rings. The van der Waals surface area contributed by atoms with Crippen LogP contribution in [0.2, 0.25) is 0 Å². The molecule has 2 amide bonds. The SMILES string of the molecule is Cc1ccc(CNC(=O)NCc2ccccn2)s1. The zero-order valence-electron chi connectivity index (χ0n) is 10.1. The molecule has 5 heteroatoms. The van der Waals surface area contributed by atoms with E-state index >= 15 is 0 Å². The molecule has 0 radical (unpaired) electrons. The number of aromatic nitrogens is 1. The summed E-state index contributed by atoms with van der Waals surface area (Å²) in [6, 6.07) is 9.53. The Kier molecular flexibility index (Phi) is 4.30. The number of thiophene rings is 1. The fraction of sp³-hybridized carbons (Fsp3) is 0.231. The first-order valence-corrected chi connectivity index (χ1v) is 6.52. The molecular formula is C13H15N3OS. The number of nitrogens with zero attached hydrogens (tertiary/aromatic N) is 1. The molecule has 0 atom stereocenters. The van der Waals surface area contributed by atoms with Crippen molar-refractivity contribution < 1.29 is 4.79 Å². The molecule has 2 aromatic rings.